The van der Waals surface area contributed by atoms with Crippen LogP contribution in [0, 0.1) is 0 Å². The molecule has 3 rings (SSSR count). The van der Waals surface area contributed by atoms with E-state index in [1.165, 1.54) is 0 Å². The topological polar surface area (TPSA) is 57.1 Å². The number of carbonyl (C=O) groups is 1. The molecule has 2 aromatic carbocycles. The SMILES string of the molecule is COc1ccc(/C(C)=C2\N=C(c3ccccc3)OC2=O)cc1OC. The first-order valence-corrected chi connectivity index (χ1v) is 7.43. The number of hydrogen-bond acceptors (Lipinski definition) is 5. The molecule has 1 aliphatic heterocycles. The summed E-state index contributed by atoms with van der Waals surface area (Å²) in [7, 11) is 3.15. The molecule has 0 bridgehead atoms. The first-order valence-electron chi connectivity index (χ1n) is 7.43. The molecular weight excluding hydrogens is 306 g/mol. The molecule has 0 N–H and O–H groups in total. The second kappa shape index (κ2) is 6.58. The molecule has 0 fully saturated rings. The van der Waals surface area contributed by atoms with Crippen molar-refractivity contribution in [1.29, 1.82) is 0 Å². The average molecular weight is 323 g/mol. The number of allylic oxidation sites excluding steroid dienone is 1. The van der Waals surface area contributed by atoms with Crippen molar-refractivity contribution in [2.45, 2.75) is 6.92 Å². The van der Waals surface area contributed by atoms with E-state index in [2.05, 4.69) is 4.99 Å². The minimum atomic E-state index is -0.457. The Morgan fingerprint density at radius 1 is 1.00 bits per heavy atom. The molecule has 2 aromatic rings. The number of nitrogens with zero attached hydrogens (tertiary/aromatic N) is 1. The van der Waals surface area contributed by atoms with Crippen molar-refractivity contribution in [2.75, 3.05) is 14.2 Å². The molecule has 5 heteroatoms. The van der Waals surface area contributed by atoms with Gasteiger partial charge in [-0.15, -0.1) is 0 Å². The molecule has 0 saturated carbocycles. The van der Waals surface area contributed by atoms with E-state index in [-0.39, 0.29) is 0 Å². The third-order valence-corrected chi connectivity index (χ3v) is 3.79. The number of ether oxygens (including phenoxy) is 3. The van der Waals surface area contributed by atoms with Crippen LogP contribution in [-0.4, -0.2) is 26.1 Å². The molecule has 0 unspecified atom stereocenters. The number of hydrogen-bond donors (Lipinski definition) is 0. The predicted octanol–water partition coefficient (Wildman–Crippen LogP) is 3.44. The maximum Gasteiger partial charge on any atom is 0.364 e. The zero-order valence-corrected chi connectivity index (χ0v) is 13.7. The van der Waals surface area contributed by atoms with Crippen molar-refractivity contribution in [1.82, 2.24) is 0 Å². The lowest BCUT2D eigenvalue weighted by molar-refractivity contribution is -0.129. The van der Waals surface area contributed by atoms with Crippen LogP contribution >= 0.6 is 0 Å². The van der Waals surface area contributed by atoms with E-state index in [4.69, 9.17) is 14.2 Å². The zero-order chi connectivity index (χ0) is 17.1. The largest absolute Gasteiger partial charge is 0.493 e. The molecule has 5 nitrogen and oxygen atoms in total. The van der Waals surface area contributed by atoms with Crippen LogP contribution in [0.4, 0.5) is 0 Å². The Kier molecular flexibility index (Phi) is 4.33. The van der Waals surface area contributed by atoms with Crippen LogP contribution in [0.2, 0.25) is 0 Å². The van der Waals surface area contributed by atoms with E-state index < -0.39 is 5.97 Å². The third-order valence-electron chi connectivity index (χ3n) is 3.79. The number of cyclic esters (lactones) is 1. The molecular formula is C19H17NO4. The van der Waals surface area contributed by atoms with Crippen LogP contribution in [0.1, 0.15) is 18.1 Å². The van der Waals surface area contributed by atoms with Gasteiger partial charge in [-0.3, -0.25) is 0 Å². The number of methoxy groups -OCH3 is 2. The molecule has 0 saturated heterocycles. The lowest BCUT2D eigenvalue weighted by atomic mass is 10.0. The lowest BCUT2D eigenvalue weighted by Gasteiger charge is -2.10. The summed E-state index contributed by atoms with van der Waals surface area (Å²) in [4.78, 5) is 16.6. The number of rotatable bonds is 4. The van der Waals surface area contributed by atoms with Crippen LogP contribution in [0.3, 0.4) is 0 Å². The van der Waals surface area contributed by atoms with Gasteiger partial charge in [0.25, 0.3) is 0 Å². The highest BCUT2D eigenvalue weighted by atomic mass is 16.6. The van der Waals surface area contributed by atoms with Crippen molar-refractivity contribution >= 4 is 17.4 Å². The Balaban J connectivity index is 2.02. The molecule has 1 aliphatic rings. The van der Waals surface area contributed by atoms with E-state index in [1.807, 2.05) is 49.4 Å². The lowest BCUT2D eigenvalue weighted by Crippen LogP contribution is -2.05. The second-order valence-electron chi connectivity index (χ2n) is 5.22. The fraction of sp³-hybridized carbons (Fsp3) is 0.158. The molecule has 0 aromatic heterocycles. The highest BCUT2D eigenvalue weighted by Gasteiger charge is 2.26. The molecule has 24 heavy (non-hydrogen) atoms. The Bertz CT molecular complexity index is 838. The van der Waals surface area contributed by atoms with Gasteiger partial charge in [0.1, 0.15) is 0 Å². The molecule has 1 heterocycles. The molecule has 0 aliphatic carbocycles. The fourth-order valence-electron chi connectivity index (χ4n) is 2.45. The van der Waals surface area contributed by atoms with Gasteiger partial charge < -0.3 is 14.2 Å². The van der Waals surface area contributed by atoms with Crippen molar-refractivity contribution < 1.29 is 19.0 Å². The maximum absolute atomic E-state index is 12.2. The van der Waals surface area contributed by atoms with E-state index >= 15 is 0 Å². The highest BCUT2D eigenvalue weighted by Crippen LogP contribution is 2.32. The monoisotopic (exact) mass is 323 g/mol. The minimum absolute atomic E-state index is 0.293. The number of carbonyl (C=O) groups excluding carboxylic acids is 1. The maximum atomic E-state index is 12.2. The highest BCUT2D eigenvalue weighted by molar-refractivity contribution is 6.14. The second-order valence-corrected chi connectivity index (χ2v) is 5.22. The Morgan fingerprint density at radius 2 is 1.71 bits per heavy atom. The van der Waals surface area contributed by atoms with Gasteiger partial charge in [0.05, 0.1) is 14.2 Å². The molecule has 122 valence electrons. The zero-order valence-electron chi connectivity index (χ0n) is 13.7. The first-order chi connectivity index (χ1) is 11.6. The normalized spacial score (nSPS) is 15.6. The molecule has 0 amide bonds. The molecule has 0 radical (unpaired) electrons. The number of aliphatic imine (C=N–C) groups is 1. The van der Waals surface area contributed by atoms with E-state index in [0.29, 0.717) is 28.7 Å². The van der Waals surface area contributed by atoms with Crippen LogP contribution in [0.25, 0.3) is 5.57 Å². The van der Waals surface area contributed by atoms with Crippen LogP contribution in [0.15, 0.2) is 59.2 Å². The van der Waals surface area contributed by atoms with Gasteiger partial charge in [-0.1, -0.05) is 24.3 Å². The minimum Gasteiger partial charge on any atom is -0.493 e. The van der Waals surface area contributed by atoms with Gasteiger partial charge in [-0.25, -0.2) is 9.79 Å². The summed E-state index contributed by atoms with van der Waals surface area (Å²) in [5, 5.41) is 0. The number of benzene rings is 2. The summed E-state index contributed by atoms with van der Waals surface area (Å²) in [5.41, 5.74) is 2.59. The Morgan fingerprint density at radius 3 is 2.38 bits per heavy atom. The van der Waals surface area contributed by atoms with Crippen molar-refractivity contribution in [2.24, 2.45) is 4.99 Å². The van der Waals surface area contributed by atoms with Gasteiger partial charge >= 0.3 is 5.97 Å². The van der Waals surface area contributed by atoms with Crippen molar-refractivity contribution in [3.63, 3.8) is 0 Å². The summed E-state index contributed by atoms with van der Waals surface area (Å²) in [6, 6.07) is 14.8. The van der Waals surface area contributed by atoms with Gasteiger partial charge in [0, 0.05) is 5.56 Å². The van der Waals surface area contributed by atoms with E-state index in [1.54, 1.807) is 20.3 Å². The molecule has 0 atom stereocenters. The summed E-state index contributed by atoms with van der Waals surface area (Å²) in [6.07, 6.45) is 0. The van der Waals surface area contributed by atoms with Gasteiger partial charge in [0.15, 0.2) is 17.2 Å². The summed E-state index contributed by atoms with van der Waals surface area (Å²) >= 11 is 0. The Hall–Kier alpha value is -3.08. The van der Waals surface area contributed by atoms with Crippen molar-refractivity contribution in [3.8, 4) is 11.5 Å². The smallest absolute Gasteiger partial charge is 0.364 e. The van der Waals surface area contributed by atoms with E-state index in [9.17, 15) is 4.79 Å². The summed E-state index contributed by atoms with van der Waals surface area (Å²) in [6.45, 7) is 1.83. The van der Waals surface area contributed by atoms with Gasteiger partial charge in [-0.2, -0.15) is 0 Å². The summed E-state index contributed by atoms with van der Waals surface area (Å²) < 4.78 is 15.8. The molecule has 0 spiro atoms. The van der Waals surface area contributed by atoms with Crippen LogP contribution in [-0.2, 0) is 9.53 Å². The predicted molar refractivity (Wildman–Crippen MR) is 91.2 cm³/mol. The van der Waals surface area contributed by atoms with Crippen LogP contribution < -0.4 is 9.47 Å². The first kappa shape index (κ1) is 15.8. The van der Waals surface area contributed by atoms with Crippen molar-refractivity contribution in [3.05, 3.63) is 65.4 Å². The standard InChI is InChI=1S/C19H17NO4/c1-12(14-9-10-15(22-2)16(11-14)23-3)17-19(21)24-18(20-17)13-7-5-4-6-8-13/h4-11H,1-3H3/b17-12-. The fourth-order valence-corrected chi connectivity index (χ4v) is 2.45. The van der Waals surface area contributed by atoms with Gasteiger partial charge in [0.2, 0.25) is 5.90 Å². The van der Waals surface area contributed by atoms with E-state index in [0.717, 1.165) is 11.1 Å². The third kappa shape index (κ3) is 2.88. The van der Waals surface area contributed by atoms with Gasteiger partial charge in [-0.05, 0) is 42.3 Å². The average Bonchev–Trinajstić information content (AvgIpc) is 3.03. The quantitative estimate of drug-likeness (QED) is 0.639. The summed E-state index contributed by atoms with van der Waals surface area (Å²) in [5.74, 6) is 1.08. The Labute approximate surface area is 140 Å². The number of esters is 1. The van der Waals surface area contributed by atoms with Crippen LogP contribution in [0.5, 0.6) is 11.5 Å².